The Morgan fingerprint density at radius 2 is 1.40 bits per heavy atom. The van der Waals surface area contributed by atoms with E-state index in [0.717, 1.165) is 0 Å². The maximum atomic E-state index is 3.85. The minimum atomic E-state index is -1.57. The van der Waals surface area contributed by atoms with Crippen molar-refractivity contribution in [2.24, 2.45) is 0 Å². The largest absolute Gasteiger partial charge is 0.424 e. The Kier molecular flexibility index (Phi) is 4.77. The molecule has 0 aliphatic carbocycles. The smallest absolute Gasteiger partial charge is 0.147 e. The first-order valence-corrected chi connectivity index (χ1v) is 13.8. The summed E-state index contributed by atoms with van der Waals surface area (Å²) in [5.41, 5.74) is 2.58. The molecule has 0 atom stereocenters. The minimum absolute atomic E-state index is 0.352. The van der Waals surface area contributed by atoms with Gasteiger partial charge in [0.2, 0.25) is 0 Å². The number of rotatable bonds is 4. The van der Waals surface area contributed by atoms with Crippen LogP contribution in [0.4, 0.5) is 5.69 Å². The molecule has 0 amide bonds. The van der Waals surface area contributed by atoms with E-state index in [2.05, 4.69) is 88.6 Å². The fourth-order valence-corrected chi connectivity index (χ4v) is 12.7. The van der Waals surface area contributed by atoms with Gasteiger partial charge in [-0.15, -0.1) is 0 Å². The van der Waals surface area contributed by atoms with Gasteiger partial charge in [0.25, 0.3) is 0 Å². The zero-order valence-corrected chi connectivity index (χ0v) is 16.5. The zero-order valence-electron chi connectivity index (χ0n) is 14.5. The first kappa shape index (κ1) is 17.2. The topological polar surface area (TPSA) is 3.24 Å². The molecule has 0 aliphatic heterocycles. The second kappa shape index (κ2) is 5.53. The van der Waals surface area contributed by atoms with Gasteiger partial charge < -0.3 is 4.23 Å². The van der Waals surface area contributed by atoms with E-state index in [1.165, 1.54) is 11.3 Å². The van der Waals surface area contributed by atoms with E-state index in [-0.39, 0.29) is 0 Å². The molecule has 3 heteroatoms. The molecular formula is C17H31NSi2. The van der Waals surface area contributed by atoms with E-state index in [0.29, 0.717) is 5.04 Å². The van der Waals surface area contributed by atoms with Crippen LogP contribution in [0.15, 0.2) is 30.8 Å². The third kappa shape index (κ3) is 3.44. The van der Waals surface area contributed by atoms with Crippen molar-refractivity contribution in [3.63, 3.8) is 0 Å². The minimum Gasteiger partial charge on any atom is -0.424 e. The summed E-state index contributed by atoms with van der Waals surface area (Å²) in [6.45, 7) is 23.4. The molecule has 112 valence electrons. The quantitative estimate of drug-likeness (QED) is 0.619. The Hall–Kier alpha value is -0.806. The van der Waals surface area contributed by atoms with E-state index in [4.69, 9.17) is 0 Å². The first-order chi connectivity index (χ1) is 8.91. The van der Waals surface area contributed by atoms with Crippen molar-refractivity contribution >= 4 is 28.2 Å². The van der Waals surface area contributed by atoms with Gasteiger partial charge in [0, 0.05) is 5.69 Å². The van der Waals surface area contributed by atoms with E-state index in [9.17, 15) is 0 Å². The molecule has 0 aliphatic rings. The predicted octanol–water partition coefficient (Wildman–Crippen LogP) is 5.98. The lowest BCUT2D eigenvalue weighted by Gasteiger charge is -2.53. The molecular weight excluding hydrogens is 274 g/mol. The summed E-state index contributed by atoms with van der Waals surface area (Å²) in [6, 6.07) is 8.91. The van der Waals surface area contributed by atoms with Gasteiger partial charge in [-0.2, -0.15) is 0 Å². The molecule has 0 unspecified atom stereocenters. The van der Waals surface area contributed by atoms with Gasteiger partial charge in [-0.05, 0) is 22.7 Å². The van der Waals surface area contributed by atoms with E-state index in [1.807, 2.05) is 6.08 Å². The molecule has 1 aromatic carbocycles. The van der Waals surface area contributed by atoms with Crippen LogP contribution in [-0.4, -0.2) is 16.5 Å². The predicted molar refractivity (Wildman–Crippen MR) is 99.6 cm³/mol. The Morgan fingerprint density at radius 3 is 1.70 bits per heavy atom. The third-order valence-electron chi connectivity index (χ3n) is 4.45. The van der Waals surface area contributed by atoms with Crippen LogP contribution in [-0.2, 0) is 0 Å². The van der Waals surface area contributed by atoms with Gasteiger partial charge in [-0.1, -0.05) is 78.3 Å². The van der Waals surface area contributed by atoms with Crippen molar-refractivity contribution in [2.75, 3.05) is 4.23 Å². The van der Waals surface area contributed by atoms with Crippen LogP contribution in [0.25, 0.3) is 6.08 Å². The number of nitrogens with zero attached hydrogens (tertiary/aromatic N) is 1. The van der Waals surface area contributed by atoms with Crippen LogP contribution in [0.5, 0.6) is 0 Å². The molecule has 0 bridgehead atoms. The highest BCUT2D eigenvalue weighted by molar-refractivity contribution is 7.01. The summed E-state index contributed by atoms with van der Waals surface area (Å²) in [5.74, 6) is 0. The zero-order chi connectivity index (χ0) is 15.8. The van der Waals surface area contributed by atoms with Crippen molar-refractivity contribution < 1.29 is 0 Å². The van der Waals surface area contributed by atoms with Gasteiger partial charge >= 0.3 is 0 Å². The molecule has 0 saturated heterocycles. The number of hydrogen-bond donors (Lipinski definition) is 0. The molecule has 0 aromatic heterocycles. The second-order valence-electron chi connectivity index (χ2n) is 8.11. The van der Waals surface area contributed by atoms with Crippen LogP contribution in [0, 0.1) is 0 Å². The molecule has 0 saturated carbocycles. The first-order valence-electron chi connectivity index (χ1n) is 7.44. The molecule has 0 N–H and O–H groups in total. The summed E-state index contributed by atoms with van der Waals surface area (Å²) >= 11 is 0. The lowest BCUT2D eigenvalue weighted by atomic mass is 10.2. The fourth-order valence-electron chi connectivity index (χ4n) is 2.64. The molecule has 1 rings (SSSR count). The molecule has 1 aromatic rings. The van der Waals surface area contributed by atoms with E-state index >= 15 is 0 Å². The van der Waals surface area contributed by atoms with Crippen molar-refractivity contribution in [1.82, 2.24) is 0 Å². The average molecular weight is 306 g/mol. The molecule has 0 spiro atoms. The number of benzene rings is 1. The van der Waals surface area contributed by atoms with Crippen LogP contribution >= 0.6 is 0 Å². The van der Waals surface area contributed by atoms with Gasteiger partial charge in [-0.25, -0.2) is 0 Å². The average Bonchev–Trinajstić information content (AvgIpc) is 2.26. The maximum absolute atomic E-state index is 3.85. The SMILES string of the molecule is C=Cc1ccc(N([Si](C)(C)C)[Si](C)(C)C(C)(C)C)cc1. The van der Waals surface area contributed by atoms with Crippen LogP contribution in [0.3, 0.4) is 0 Å². The Balaban J connectivity index is 3.37. The highest BCUT2D eigenvalue weighted by Gasteiger charge is 2.45. The van der Waals surface area contributed by atoms with E-state index < -0.39 is 16.5 Å². The van der Waals surface area contributed by atoms with Crippen LogP contribution in [0.1, 0.15) is 26.3 Å². The van der Waals surface area contributed by atoms with Crippen LogP contribution < -0.4 is 4.23 Å². The van der Waals surface area contributed by atoms with Gasteiger partial charge in [0.1, 0.15) is 16.5 Å². The van der Waals surface area contributed by atoms with Crippen molar-refractivity contribution in [2.45, 2.75) is 58.5 Å². The monoisotopic (exact) mass is 305 g/mol. The molecule has 1 nitrogen and oxygen atoms in total. The Morgan fingerprint density at radius 1 is 0.950 bits per heavy atom. The third-order valence-corrected chi connectivity index (χ3v) is 14.8. The Labute approximate surface area is 127 Å². The van der Waals surface area contributed by atoms with E-state index in [1.54, 1.807) is 0 Å². The highest BCUT2D eigenvalue weighted by Crippen LogP contribution is 2.42. The highest BCUT2D eigenvalue weighted by atomic mass is 28.4. The van der Waals surface area contributed by atoms with Gasteiger partial charge in [-0.3, -0.25) is 0 Å². The van der Waals surface area contributed by atoms with Crippen LogP contribution in [0.2, 0.25) is 37.8 Å². The molecule has 20 heavy (non-hydrogen) atoms. The molecule has 0 heterocycles. The van der Waals surface area contributed by atoms with Gasteiger partial charge in [0.05, 0.1) is 0 Å². The number of hydrogen-bond acceptors (Lipinski definition) is 1. The lowest BCUT2D eigenvalue weighted by Crippen LogP contribution is -2.65. The van der Waals surface area contributed by atoms with Gasteiger partial charge in [0.15, 0.2) is 0 Å². The van der Waals surface area contributed by atoms with Crippen molar-refractivity contribution in [3.8, 4) is 0 Å². The maximum Gasteiger partial charge on any atom is 0.147 e. The summed E-state index contributed by atoms with van der Waals surface area (Å²) < 4.78 is 2.81. The Bertz CT molecular complexity index is 461. The lowest BCUT2D eigenvalue weighted by molar-refractivity contribution is 0.717. The second-order valence-corrected chi connectivity index (χ2v) is 18.4. The number of anilines is 1. The summed E-state index contributed by atoms with van der Waals surface area (Å²) in [4.78, 5) is 0. The fraction of sp³-hybridized carbons (Fsp3) is 0.529. The molecule has 0 radical (unpaired) electrons. The molecule has 0 fully saturated rings. The summed E-state index contributed by atoms with van der Waals surface area (Å²) in [5, 5.41) is 0.352. The van der Waals surface area contributed by atoms with Crippen molar-refractivity contribution in [1.29, 1.82) is 0 Å². The standard InChI is InChI=1S/C17H31NSi2/c1-10-15-11-13-16(14-12-15)18(19(5,6)7)20(8,9)17(2,3)4/h10-14H,1H2,2-9H3. The summed E-state index contributed by atoms with van der Waals surface area (Å²) in [7, 11) is -3.00. The van der Waals surface area contributed by atoms with Crippen molar-refractivity contribution in [3.05, 3.63) is 36.4 Å². The summed E-state index contributed by atoms with van der Waals surface area (Å²) in [6.07, 6.45) is 1.91. The normalized spacial score (nSPS) is 13.2.